The molecule has 1 aliphatic rings. The Kier molecular flexibility index (Phi) is 6.45. The molecule has 150 valence electrons. The summed E-state index contributed by atoms with van der Waals surface area (Å²) >= 11 is 1.30. The quantitative estimate of drug-likeness (QED) is 0.828. The number of urea groups is 1. The first kappa shape index (κ1) is 20.1. The van der Waals surface area contributed by atoms with Crippen LogP contribution in [0.15, 0.2) is 24.3 Å². The van der Waals surface area contributed by atoms with Crippen LogP contribution in [-0.4, -0.2) is 59.4 Å². The van der Waals surface area contributed by atoms with E-state index in [4.69, 9.17) is 4.74 Å². The van der Waals surface area contributed by atoms with Gasteiger partial charge in [0.1, 0.15) is 28.1 Å². The molecule has 9 heteroatoms. The zero-order valence-corrected chi connectivity index (χ0v) is 16.7. The van der Waals surface area contributed by atoms with Crippen LogP contribution in [0.3, 0.4) is 0 Å². The van der Waals surface area contributed by atoms with Gasteiger partial charge in [-0.1, -0.05) is 0 Å². The summed E-state index contributed by atoms with van der Waals surface area (Å²) in [5.74, 6) is 0.153. The zero-order valence-electron chi connectivity index (χ0n) is 15.9. The van der Waals surface area contributed by atoms with Crippen LogP contribution in [0.4, 0.5) is 9.18 Å². The lowest BCUT2D eigenvalue weighted by Gasteiger charge is -2.34. The maximum atomic E-state index is 12.9. The Morgan fingerprint density at radius 3 is 2.46 bits per heavy atom. The molecule has 1 fully saturated rings. The van der Waals surface area contributed by atoms with Crippen LogP contribution in [0, 0.1) is 12.7 Å². The summed E-state index contributed by atoms with van der Waals surface area (Å²) in [6.45, 7) is 6.49. The third-order valence-electron chi connectivity index (χ3n) is 4.39. The van der Waals surface area contributed by atoms with E-state index in [2.05, 4.69) is 10.3 Å². The van der Waals surface area contributed by atoms with Gasteiger partial charge >= 0.3 is 6.03 Å². The van der Waals surface area contributed by atoms with Crippen molar-refractivity contribution < 1.29 is 18.7 Å². The summed E-state index contributed by atoms with van der Waals surface area (Å²) in [6.07, 6.45) is 0. The van der Waals surface area contributed by atoms with Gasteiger partial charge in [0, 0.05) is 32.7 Å². The SMILES string of the molecule is CCNC(=O)N1CCN(C(=O)c2sc(COc3ccc(F)cc3)nc2C)CC1. The van der Waals surface area contributed by atoms with Gasteiger partial charge in [0.05, 0.1) is 5.69 Å². The Hall–Kier alpha value is -2.68. The Morgan fingerprint density at radius 1 is 1.18 bits per heavy atom. The van der Waals surface area contributed by atoms with E-state index in [0.29, 0.717) is 54.1 Å². The van der Waals surface area contributed by atoms with Crippen molar-refractivity contribution in [3.05, 3.63) is 45.7 Å². The molecule has 3 amide bonds. The first-order chi connectivity index (χ1) is 13.5. The van der Waals surface area contributed by atoms with Gasteiger partial charge in [0.25, 0.3) is 5.91 Å². The topological polar surface area (TPSA) is 74.8 Å². The van der Waals surface area contributed by atoms with Crippen molar-refractivity contribution in [1.29, 1.82) is 0 Å². The van der Waals surface area contributed by atoms with Crippen molar-refractivity contribution in [3.8, 4) is 5.75 Å². The fourth-order valence-electron chi connectivity index (χ4n) is 2.91. The molecule has 0 radical (unpaired) electrons. The van der Waals surface area contributed by atoms with Gasteiger partial charge in [-0.05, 0) is 38.1 Å². The third-order valence-corrected chi connectivity index (χ3v) is 5.51. The average Bonchev–Trinajstić information content (AvgIpc) is 3.08. The van der Waals surface area contributed by atoms with Crippen molar-refractivity contribution in [2.45, 2.75) is 20.5 Å². The Labute approximate surface area is 167 Å². The smallest absolute Gasteiger partial charge is 0.317 e. The highest BCUT2D eigenvalue weighted by molar-refractivity contribution is 7.13. The number of piperazine rings is 1. The molecule has 7 nitrogen and oxygen atoms in total. The molecule has 1 aromatic heterocycles. The number of amides is 3. The normalized spacial score (nSPS) is 14.1. The fraction of sp³-hybridized carbons (Fsp3) is 0.421. The van der Waals surface area contributed by atoms with Gasteiger partial charge in [-0.25, -0.2) is 14.2 Å². The molecule has 1 N–H and O–H groups in total. The minimum Gasteiger partial charge on any atom is -0.486 e. The summed E-state index contributed by atoms with van der Waals surface area (Å²) in [4.78, 5) is 33.2. The van der Waals surface area contributed by atoms with E-state index < -0.39 is 0 Å². The van der Waals surface area contributed by atoms with Crippen molar-refractivity contribution >= 4 is 23.3 Å². The number of aromatic nitrogens is 1. The average molecular weight is 406 g/mol. The summed E-state index contributed by atoms with van der Waals surface area (Å²) in [7, 11) is 0. The predicted molar refractivity (Wildman–Crippen MR) is 104 cm³/mol. The van der Waals surface area contributed by atoms with Crippen molar-refractivity contribution in [2.75, 3.05) is 32.7 Å². The minimum absolute atomic E-state index is 0.0708. The first-order valence-electron chi connectivity index (χ1n) is 9.14. The molecule has 0 spiro atoms. The molecule has 0 bridgehead atoms. The number of thiazole rings is 1. The number of carbonyl (C=O) groups is 2. The second-order valence-electron chi connectivity index (χ2n) is 6.38. The van der Waals surface area contributed by atoms with Crippen molar-refractivity contribution in [3.63, 3.8) is 0 Å². The highest BCUT2D eigenvalue weighted by Crippen LogP contribution is 2.22. The molecule has 0 unspecified atom stereocenters. The van der Waals surface area contributed by atoms with Gasteiger partial charge in [-0.15, -0.1) is 11.3 Å². The monoisotopic (exact) mass is 406 g/mol. The molecular weight excluding hydrogens is 383 g/mol. The molecule has 3 rings (SSSR count). The molecule has 0 atom stereocenters. The molecule has 28 heavy (non-hydrogen) atoms. The Balaban J connectivity index is 1.57. The third kappa shape index (κ3) is 4.78. The number of nitrogens with zero attached hydrogens (tertiary/aromatic N) is 3. The second kappa shape index (κ2) is 9.01. The van der Waals surface area contributed by atoms with E-state index in [0.717, 1.165) is 0 Å². The second-order valence-corrected chi connectivity index (χ2v) is 7.46. The number of benzene rings is 1. The number of ether oxygens (including phenoxy) is 1. The number of carbonyl (C=O) groups excluding carboxylic acids is 2. The van der Waals surface area contributed by atoms with E-state index in [1.807, 2.05) is 6.92 Å². The molecular formula is C19H23FN4O3S. The van der Waals surface area contributed by atoms with Gasteiger partial charge < -0.3 is 19.9 Å². The van der Waals surface area contributed by atoms with E-state index in [-0.39, 0.29) is 24.4 Å². The minimum atomic E-state index is -0.322. The lowest BCUT2D eigenvalue weighted by Crippen LogP contribution is -2.53. The van der Waals surface area contributed by atoms with Crippen LogP contribution in [0.2, 0.25) is 0 Å². The molecule has 1 aromatic carbocycles. The maximum absolute atomic E-state index is 12.9. The maximum Gasteiger partial charge on any atom is 0.317 e. The fourth-order valence-corrected chi connectivity index (χ4v) is 3.85. The van der Waals surface area contributed by atoms with Gasteiger partial charge in [0.2, 0.25) is 0 Å². The van der Waals surface area contributed by atoms with Crippen LogP contribution < -0.4 is 10.1 Å². The summed E-state index contributed by atoms with van der Waals surface area (Å²) in [5.41, 5.74) is 0.666. The van der Waals surface area contributed by atoms with E-state index in [1.165, 1.54) is 23.5 Å². The number of nitrogens with one attached hydrogen (secondary N) is 1. The lowest BCUT2D eigenvalue weighted by molar-refractivity contribution is 0.0669. The number of hydrogen-bond donors (Lipinski definition) is 1. The zero-order chi connectivity index (χ0) is 20.1. The number of aryl methyl sites for hydroxylation is 1. The molecule has 1 saturated heterocycles. The van der Waals surface area contributed by atoms with Gasteiger partial charge in [0.15, 0.2) is 0 Å². The molecule has 2 aromatic rings. The molecule has 2 heterocycles. The van der Waals surface area contributed by atoms with Crippen LogP contribution in [-0.2, 0) is 6.61 Å². The van der Waals surface area contributed by atoms with Crippen LogP contribution >= 0.6 is 11.3 Å². The number of hydrogen-bond acceptors (Lipinski definition) is 5. The van der Waals surface area contributed by atoms with Crippen molar-refractivity contribution in [1.82, 2.24) is 20.1 Å². The summed E-state index contributed by atoms with van der Waals surface area (Å²) in [6, 6.07) is 5.67. The standard InChI is InChI=1S/C19H23FN4O3S/c1-3-21-19(26)24-10-8-23(9-11-24)18(25)17-13(2)22-16(28-17)12-27-15-6-4-14(20)5-7-15/h4-7H,3,8-12H2,1-2H3,(H,21,26). The molecule has 0 aliphatic carbocycles. The van der Waals surface area contributed by atoms with E-state index in [1.54, 1.807) is 28.9 Å². The lowest BCUT2D eigenvalue weighted by atomic mass is 10.3. The largest absolute Gasteiger partial charge is 0.486 e. The number of rotatable bonds is 5. The molecule has 0 saturated carbocycles. The summed E-state index contributed by atoms with van der Waals surface area (Å²) in [5, 5.41) is 3.46. The Bertz CT molecular complexity index is 832. The number of halogens is 1. The Morgan fingerprint density at radius 2 is 1.82 bits per heavy atom. The van der Waals surface area contributed by atoms with Gasteiger partial charge in [-0.3, -0.25) is 4.79 Å². The van der Waals surface area contributed by atoms with E-state index in [9.17, 15) is 14.0 Å². The highest BCUT2D eigenvalue weighted by atomic mass is 32.1. The van der Waals surface area contributed by atoms with E-state index >= 15 is 0 Å². The van der Waals surface area contributed by atoms with Crippen molar-refractivity contribution in [2.24, 2.45) is 0 Å². The van der Waals surface area contributed by atoms with Crippen LogP contribution in [0.1, 0.15) is 27.3 Å². The predicted octanol–water partition coefficient (Wildman–Crippen LogP) is 2.66. The molecule has 1 aliphatic heterocycles. The van der Waals surface area contributed by atoms with Crippen LogP contribution in [0.25, 0.3) is 0 Å². The van der Waals surface area contributed by atoms with Gasteiger partial charge in [-0.2, -0.15) is 0 Å². The van der Waals surface area contributed by atoms with Crippen LogP contribution in [0.5, 0.6) is 5.75 Å². The highest BCUT2D eigenvalue weighted by Gasteiger charge is 2.27. The summed E-state index contributed by atoms with van der Waals surface area (Å²) < 4.78 is 18.6. The first-order valence-corrected chi connectivity index (χ1v) is 9.96.